The average Bonchev–Trinajstić information content (AvgIpc) is 2.56. The van der Waals surface area contributed by atoms with Gasteiger partial charge in [0.05, 0.1) is 39.0 Å². The van der Waals surface area contributed by atoms with Crippen LogP contribution in [0.3, 0.4) is 0 Å². The second kappa shape index (κ2) is 17.6. The maximum absolute atomic E-state index is 10.6. The van der Waals surface area contributed by atoms with E-state index in [1.165, 1.54) is 0 Å². The molecule has 0 aliphatic carbocycles. The quantitative estimate of drug-likeness (QED) is 0.0922. The first-order valence-electron chi connectivity index (χ1n) is 8.69. The van der Waals surface area contributed by atoms with Gasteiger partial charge >= 0.3 is 71.3 Å². The first-order chi connectivity index (χ1) is 15.0. The number of hydrogen-bond acceptors (Lipinski definition) is 10. The molecular weight excluding hydrogens is 483 g/mol. The fraction of sp³-hybridized carbons (Fsp3) is 0.562. The van der Waals surface area contributed by atoms with Crippen LogP contribution in [-0.2, 0) is 33.6 Å². The molecule has 190 valence electrons. The van der Waals surface area contributed by atoms with Crippen LogP contribution < -0.4 is 0 Å². The Morgan fingerprint density at radius 1 is 0.500 bits per heavy atom. The standard InChI is InChI=1S/C10H16N2O8.C6H8O7.Na.H/c13-7(14)3-11(4-8(15)16)1-2-12(5-9(17)18)6-10(19)20;7-3(8)1-6(13,5(11)12)2-4(9)10;;/h1-6H2,(H,13,14)(H,15,16)(H,17,18)(H,19,20);13H,1-2H2,(H,7,8)(H,9,10)(H,11,12);;. The average molecular weight is 508 g/mol. The van der Waals surface area contributed by atoms with Gasteiger partial charge in [0.1, 0.15) is 0 Å². The van der Waals surface area contributed by atoms with Crippen LogP contribution in [-0.4, -0.2) is 167 Å². The molecule has 0 heterocycles. The van der Waals surface area contributed by atoms with Crippen LogP contribution in [0.2, 0.25) is 0 Å². The first kappa shape index (κ1) is 35.8. The molecule has 0 fully saturated rings. The van der Waals surface area contributed by atoms with Crippen LogP contribution in [0.15, 0.2) is 0 Å². The van der Waals surface area contributed by atoms with Crippen LogP contribution in [0, 0.1) is 0 Å². The third-order valence-electron chi connectivity index (χ3n) is 3.45. The molecule has 34 heavy (non-hydrogen) atoms. The topological polar surface area (TPSA) is 288 Å². The van der Waals surface area contributed by atoms with Crippen molar-refractivity contribution in [2.24, 2.45) is 0 Å². The number of hydrogen-bond donors (Lipinski definition) is 8. The van der Waals surface area contributed by atoms with Crippen molar-refractivity contribution in [1.82, 2.24) is 9.80 Å². The number of aliphatic carboxylic acids is 7. The molecule has 8 N–H and O–H groups in total. The normalized spacial score (nSPS) is 10.4. The minimum atomic E-state index is -2.74. The Balaban J connectivity index is -0.000000598. The van der Waals surface area contributed by atoms with Gasteiger partial charge < -0.3 is 40.9 Å². The van der Waals surface area contributed by atoms with Crippen molar-refractivity contribution in [2.45, 2.75) is 18.4 Å². The van der Waals surface area contributed by atoms with E-state index in [1.54, 1.807) is 0 Å². The molecule has 0 aromatic rings. The number of carboxylic acid groups (broad SMARTS) is 7. The third kappa shape index (κ3) is 19.8. The molecule has 0 saturated heterocycles. The van der Waals surface area contributed by atoms with Crippen molar-refractivity contribution in [3.8, 4) is 0 Å². The predicted octanol–water partition coefficient (Wildman–Crippen LogP) is -3.97. The molecule has 0 amide bonds. The molecule has 0 aromatic heterocycles. The molecule has 0 aromatic carbocycles. The fourth-order valence-electron chi connectivity index (χ4n) is 2.19. The molecule has 0 aliphatic rings. The molecule has 0 unspecified atom stereocenters. The summed E-state index contributed by atoms with van der Waals surface area (Å²) in [5.74, 6) is -9.93. The van der Waals surface area contributed by atoms with Gasteiger partial charge in [-0.1, -0.05) is 0 Å². The van der Waals surface area contributed by atoms with Gasteiger partial charge in [-0.2, -0.15) is 0 Å². The van der Waals surface area contributed by atoms with Gasteiger partial charge in [0.25, 0.3) is 0 Å². The van der Waals surface area contributed by atoms with E-state index in [2.05, 4.69) is 0 Å². The van der Waals surface area contributed by atoms with Crippen molar-refractivity contribution < 1.29 is 74.4 Å². The van der Waals surface area contributed by atoms with E-state index in [-0.39, 0.29) is 42.6 Å². The van der Waals surface area contributed by atoms with Crippen LogP contribution in [0.25, 0.3) is 0 Å². The van der Waals surface area contributed by atoms with Crippen LogP contribution in [0.5, 0.6) is 0 Å². The van der Waals surface area contributed by atoms with Crippen molar-refractivity contribution in [2.75, 3.05) is 39.3 Å². The summed E-state index contributed by atoms with van der Waals surface area (Å²) in [5.41, 5.74) is -2.74. The summed E-state index contributed by atoms with van der Waals surface area (Å²) in [6.45, 7) is -2.25. The zero-order valence-corrected chi connectivity index (χ0v) is 17.0. The molecular formula is C16H25N2NaO15. The number of rotatable bonds is 16. The summed E-state index contributed by atoms with van der Waals surface area (Å²) < 4.78 is 0. The second-order valence-electron chi connectivity index (χ2n) is 6.47. The number of nitrogens with zero attached hydrogens (tertiary/aromatic N) is 2. The van der Waals surface area contributed by atoms with Crippen molar-refractivity contribution in [3.05, 3.63) is 0 Å². The molecule has 0 aliphatic heterocycles. The zero-order valence-electron chi connectivity index (χ0n) is 17.0. The van der Waals surface area contributed by atoms with Gasteiger partial charge in [-0.15, -0.1) is 0 Å². The van der Waals surface area contributed by atoms with E-state index in [0.29, 0.717) is 0 Å². The Kier molecular flexibility index (Phi) is 18.5. The van der Waals surface area contributed by atoms with Gasteiger partial charge in [-0.05, 0) is 0 Å². The summed E-state index contributed by atoms with van der Waals surface area (Å²) in [7, 11) is 0. The zero-order chi connectivity index (χ0) is 26.4. The maximum atomic E-state index is 10.6. The van der Waals surface area contributed by atoms with Gasteiger partial charge in [-0.25, -0.2) is 4.79 Å². The Morgan fingerprint density at radius 2 is 0.735 bits per heavy atom. The van der Waals surface area contributed by atoms with Crippen LogP contribution in [0.1, 0.15) is 12.8 Å². The van der Waals surface area contributed by atoms with Gasteiger partial charge in [0, 0.05) is 13.1 Å². The molecule has 0 rings (SSSR count). The minimum absolute atomic E-state index is 0. The predicted molar refractivity (Wildman–Crippen MR) is 108 cm³/mol. The van der Waals surface area contributed by atoms with Gasteiger partial charge in [0.2, 0.25) is 0 Å². The molecule has 0 bridgehead atoms. The molecule has 0 atom stereocenters. The molecule has 0 spiro atoms. The molecule has 18 heteroatoms. The van der Waals surface area contributed by atoms with Crippen molar-refractivity contribution in [3.63, 3.8) is 0 Å². The summed E-state index contributed by atoms with van der Waals surface area (Å²) in [6.07, 6.45) is -2.29. The number of carbonyl (C=O) groups is 7. The van der Waals surface area contributed by atoms with Crippen molar-refractivity contribution in [1.29, 1.82) is 0 Å². The monoisotopic (exact) mass is 508 g/mol. The van der Waals surface area contributed by atoms with E-state index < -0.39 is 86.4 Å². The molecule has 0 radical (unpaired) electrons. The fourth-order valence-corrected chi connectivity index (χ4v) is 2.19. The molecule has 17 nitrogen and oxygen atoms in total. The second-order valence-corrected chi connectivity index (χ2v) is 6.47. The van der Waals surface area contributed by atoms with E-state index in [9.17, 15) is 33.6 Å². The van der Waals surface area contributed by atoms with Gasteiger partial charge in [-0.3, -0.25) is 38.6 Å². The summed E-state index contributed by atoms with van der Waals surface area (Å²) >= 11 is 0. The number of aliphatic hydroxyl groups is 1. The summed E-state index contributed by atoms with van der Waals surface area (Å²) in [5, 5.41) is 68.3. The summed E-state index contributed by atoms with van der Waals surface area (Å²) in [4.78, 5) is 74.8. The van der Waals surface area contributed by atoms with Gasteiger partial charge in [0.15, 0.2) is 5.60 Å². The van der Waals surface area contributed by atoms with E-state index >= 15 is 0 Å². The molecule has 0 saturated carbocycles. The van der Waals surface area contributed by atoms with E-state index in [0.717, 1.165) is 9.80 Å². The third-order valence-corrected chi connectivity index (χ3v) is 3.45. The first-order valence-corrected chi connectivity index (χ1v) is 8.69. The number of carboxylic acids is 7. The van der Waals surface area contributed by atoms with E-state index in [4.69, 9.17) is 40.9 Å². The Hall–Kier alpha value is -2.83. The van der Waals surface area contributed by atoms with E-state index in [1.807, 2.05) is 0 Å². The van der Waals surface area contributed by atoms with Crippen molar-refractivity contribution >= 4 is 71.3 Å². The van der Waals surface area contributed by atoms with Crippen LogP contribution >= 0.6 is 0 Å². The Bertz CT molecular complexity index is 673. The summed E-state index contributed by atoms with van der Waals surface area (Å²) in [6, 6.07) is 0. The Labute approximate surface area is 213 Å². The Morgan fingerprint density at radius 3 is 0.882 bits per heavy atom. The van der Waals surface area contributed by atoms with Crippen LogP contribution in [0.4, 0.5) is 0 Å². The SMILES string of the molecule is O=C(O)CC(O)(CC(=O)O)C(=O)O.O=C(O)CN(CCN(CC(=O)O)CC(=O)O)CC(=O)O.[NaH].